The average molecular weight is 208 g/mol. The van der Waals surface area contributed by atoms with Crippen molar-refractivity contribution in [2.45, 2.75) is 46.1 Å². The summed E-state index contributed by atoms with van der Waals surface area (Å²) < 4.78 is 0. The van der Waals surface area contributed by atoms with Gasteiger partial charge in [-0.25, -0.2) is 0 Å². The second-order valence-corrected chi connectivity index (χ2v) is 5.02. The molecule has 1 unspecified atom stereocenters. The van der Waals surface area contributed by atoms with Crippen molar-refractivity contribution in [3.05, 3.63) is 23.8 Å². The Bertz CT molecular complexity index is 323. The van der Waals surface area contributed by atoms with E-state index < -0.39 is 5.60 Å². The minimum Gasteiger partial charge on any atom is -0.381 e. The van der Waals surface area contributed by atoms with Gasteiger partial charge in [0, 0.05) is 5.41 Å². The zero-order chi connectivity index (χ0) is 11.7. The summed E-state index contributed by atoms with van der Waals surface area (Å²) in [6.45, 7) is 7.49. The van der Waals surface area contributed by atoms with Crippen LogP contribution >= 0.6 is 0 Å². The van der Waals surface area contributed by atoms with Crippen molar-refractivity contribution in [3.8, 4) is 0 Å². The smallest absolute Gasteiger partial charge is 0.152 e. The van der Waals surface area contributed by atoms with Crippen molar-refractivity contribution < 1.29 is 9.90 Å². The zero-order valence-corrected chi connectivity index (χ0v) is 10.0. The number of rotatable bonds is 2. The lowest BCUT2D eigenvalue weighted by Gasteiger charge is -2.44. The van der Waals surface area contributed by atoms with Gasteiger partial charge in [0.1, 0.15) is 5.60 Å². The third-order valence-electron chi connectivity index (χ3n) is 3.41. The highest BCUT2D eigenvalue weighted by Gasteiger charge is 2.44. The van der Waals surface area contributed by atoms with Gasteiger partial charge in [0.2, 0.25) is 0 Å². The Balaban J connectivity index is 3.10. The van der Waals surface area contributed by atoms with E-state index in [9.17, 15) is 9.90 Å². The minimum absolute atomic E-state index is 0.0300. The highest BCUT2D eigenvalue weighted by Crippen LogP contribution is 2.44. The average Bonchev–Trinajstić information content (AvgIpc) is 2.11. The molecular formula is C13H20O2. The molecule has 0 spiro atoms. The van der Waals surface area contributed by atoms with Crippen molar-refractivity contribution in [3.63, 3.8) is 0 Å². The maximum atomic E-state index is 10.9. The maximum Gasteiger partial charge on any atom is 0.152 e. The van der Waals surface area contributed by atoms with Gasteiger partial charge in [0.05, 0.1) is 0 Å². The molecule has 1 N–H and O–H groups in total. The van der Waals surface area contributed by atoms with E-state index in [1.807, 2.05) is 20.8 Å². The standard InChI is InChI=1S/C13H20O2/c1-10-6-5-8-12(3,4)13(10,15)9-7-11(2)14/h6-7,9,15H,5,8H2,1-4H3/b9-7+. The molecule has 0 aromatic carbocycles. The monoisotopic (exact) mass is 208 g/mol. The molecule has 1 atom stereocenters. The van der Waals surface area contributed by atoms with Gasteiger partial charge in [0.25, 0.3) is 0 Å². The van der Waals surface area contributed by atoms with E-state index in [4.69, 9.17) is 0 Å². The topological polar surface area (TPSA) is 37.3 Å². The Morgan fingerprint density at radius 3 is 2.60 bits per heavy atom. The second kappa shape index (κ2) is 3.93. The van der Waals surface area contributed by atoms with Crippen LogP contribution in [0.15, 0.2) is 23.8 Å². The van der Waals surface area contributed by atoms with Crippen molar-refractivity contribution in [2.75, 3.05) is 0 Å². The largest absolute Gasteiger partial charge is 0.381 e. The summed E-state index contributed by atoms with van der Waals surface area (Å²) in [6.07, 6.45) is 7.08. The van der Waals surface area contributed by atoms with Crippen LogP contribution in [0.3, 0.4) is 0 Å². The fraction of sp³-hybridized carbons (Fsp3) is 0.615. The number of ketones is 1. The Kier molecular flexibility index (Phi) is 3.19. The van der Waals surface area contributed by atoms with Crippen LogP contribution in [0.4, 0.5) is 0 Å². The first-order chi connectivity index (χ1) is 6.79. The second-order valence-electron chi connectivity index (χ2n) is 5.02. The normalized spacial score (nSPS) is 30.3. The molecular weight excluding hydrogens is 188 g/mol. The first-order valence-corrected chi connectivity index (χ1v) is 5.39. The fourth-order valence-corrected chi connectivity index (χ4v) is 2.12. The number of hydrogen-bond donors (Lipinski definition) is 1. The van der Waals surface area contributed by atoms with Crippen molar-refractivity contribution >= 4 is 5.78 Å². The third-order valence-corrected chi connectivity index (χ3v) is 3.41. The van der Waals surface area contributed by atoms with Gasteiger partial charge >= 0.3 is 0 Å². The Morgan fingerprint density at radius 1 is 1.53 bits per heavy atom. The molecule has 0 aliphatic heterocycles. The summed E-state index contributed by atoms with van der Waals surface area (Å²) in [5, 5.41) is 10.6. The Labute approximate surface area is 91.7 Å². The van der Waals surface area contributed by atoms with Gasteiger partial charge in [-0.15, -0.1) is 0 Å². The summed E-state index contributed by atoms with van der Waals surface area (Å²) in [5.74, 6) is -0.0300. The quantitative estimate of drug-likeness (QED) is 0.559. The summed E-state index contributed by atoms with van der Waals surface area (Å²) in [6, 6.07) is 0. The predicted octanol–water partition coefficient (Wildman–Crippen LogP) is 2.63. The summed E-state index contributed by atoms with van der Waals surface area (Å²) >= 11 is 0. The van der Waals surface area contributed by atoms with Crippen LogP contribution in [0, 0.1) is 5.41 Å². The Hall–Kier alpha value is -0.890. The van der Waals surface area contributed by atoms with Crippen LogP contribution in [0.5, 0.6) is 0 Å². The molecule has 15 heavy (non-hydrogen) atoms. The molecule has 1 aliphatic rings. The zero-order valence-electron chi connectivity index (χ0n) is 10.0. The van der Waals surface area contributed by atoms with Crippen LogP contribution in [-0.4, -0.2) is 16.5 Å². The summed E-state index contributed by atoms with van der Waals surface area (Å²) in [7, 11) is 0. The van der Waals surface area contributed by atoms with E-state index >= 15 is 0 Å². The van der Waals surface area contributed by atoms with Gasteiger partial charge in [-0.1, -0.05) is 19.9 Å². The summed E-state index contributed by atoms with van der Waals surface area (Å²) in [4.78, 5) is 10.9. The molecule has 2 nitrogen and oxygen atoms in total. The molecule has 0 heterocycles. The fourth-order valence-electron chi connectivity index (χ4n) is 2.12. The highest BCUT2D eigenvalue weighted by atomic mass is 16.3. The van der Waals surface area contributed by atoms with Crippen LogP contribution in [-0.2, 0) is 4.79 Å². The molecule has 0 saturated heterocycles. The number of hydrogen-bond acceptors (Lipinski definition) is 2. The van der Waals surface area contributed by atoms with E-state index in [0.717, 1.165) is 18.4 Å². The Morgan fingerprint density at radius 2 is 2.13 bits per heavy atom. The molecule has 0 bridgehead atoms. The molecule has 0 radical (unpaired) electrons. The van der Waals surface area contributed by atoms with Gasteiger partial charge in [-0.05, 0) is 44.4 Å². The van der Waals surface area contributed by atoms with Crippen molar-refractivity contribution in [1.29, 1.82) is 0 Å². The van der Waals surface area contributed by atoms with E-state index in [0.29, 0.717) is 0 Å². The molecule has 0 amide bonds. The van der Waals surface area contributed by atoms with Gasteiger partial charge in [-0.3, -0.25) is 4.79 Å². The van der Waals surface area contributed by atoms with Crippen LogP contribution in [0.1, 0.15) is 40.5 Å². The van der Waals surface area contributed by atoms with E-state index in [-0.39, 0.29) is 11.2 Å². The van der Waals surface area contributed by atoms with Gasteiger partial charge in [0.15, 0.2) is 5.78 Å². The number of allylic oxidation sites excluding steroid dienone is 2. The van der Waals surface area contributed by atoms with Gasteiger partial charge in [-0.2, -0.15) is 0 Å². The van der Waals surface area contributed by atoms with Crippen molar-refractivity contribution in [2.24, 2.45) is 5.41 Å². The first kappa shape index (κ1) is 12.2. The number of aliphatic hydroxyl groups is 1. The van der Waals surface area contributed by atoms with E-state index in [1.165, 1.54) is 13.0 Å². The molecule has 0 fully saturated rings. The predicted molar refractivity (Wildman–Crippen MR) is 61.5 cm³/mol. The highest BCUT2D eigenvalue weighted by molar-refractivity contribution is 5.87. The maximum absolute atomic E-state index is 10.9. The van der Waals surface area contributed by atoms with Crippen LogP contribution in [0.2, 0.25) is 0 Å². The number of carbonyl (C=O) groups is 1. The molecule has 2 heteroatoms. The lowest BCUT2D eigenvalue weighted by atomic mass is 9.65. The molecule has 0 aromatic heterocycles. The molecule has 1 aliphatic carbocycles. The van der Waals surface area contributed by atoms with E-state index in [2.05, 4.69) is 6.08 Å². The lowest BCUT2D eigenvalue weighted by molar-refractivity contribution is -0.112. The third kappa shape index (κ3) is 2.20. The van der Waals surface area contributed by atoms with Crippen LogP contribution < -0.4 is 0 Å². The molecule has 1 rings (SSSR count). The van der Waals surface area contributed by atoms with Gasteiger partial charge < -0.3 is 5.11 Å². The molecule has 84 valence electrons. The lowest BCUT2D eigenvalue weighted by Crippen LogP contribution is -2.46. The molecule has 0 saturated carbocycles. The SMILES string of the molecule is CC(=O)/C=C/C1(O)C(C)=CCCC1(C)C. The summed E-state index contributed by atoms with van der Waals surface area (Å²) in [5.41, 5.74) is -0.245. The number of carbonyl (C=O) groups excluding carboxylic acids is 1. The first-order valence-electron chi connectivity index (χ1n) is 5.39. The van der Waals surface area contributed by atoms with Crippen molar-refractivity contribution in [1.82, 2.24) is 0 Å². The van der Waals surface area contributed by atoms with Crippen LogP contribution in [0.25, 0.3) is 0 Å². The minimum atomic E-state index is -0.975. The molecule has 0 aromatic rings. The van der Waals surface area contributed by atoms with E-state index in [1.54, 1.807) is 6.08 Å².